The van der Waals surface area contributed by atoms with Gasteiger partial charge in [0.05, 0.1) is 0 Å². The topological polar surface area (TPSA) is 95.0 Å². The quantitative estimate of drug-likeness (QED) is 0.657. The van der Waals surface area contributed by atoms with E-state index in [1.54, 1.807) is 4.90 Å². The van der Waals surface area contributed by atoms with Crippen LogP contribution >= 0.6 is 0 Å². The SMILES string of the molecule is O=C(c1nn[nH]n1)N1CCCC(CO)C1. The van der Waals surface area contributed by atoms with Gasteiger partial charge in [-0.25, -0.2) is 0 Å². The molecule has 1 amide bonds. The molecule has 0 spiro atoms. The lowest BCUT2D eigenvalue weighted by Gasteiger charge is -2.30. The highest BCUT2D eigenvalue weighted by molar-refractivity contribution is 5.90. The van der Waals surface area contributed by atoms with E-state index in [0.717, 1.165) is 12.8 Å². The monoisotopic (exact) mass is 211 g/mol. The molecule has 1 unspecified atom stereocenters. The summed E-state index contributed by atoms with van der Waals surface area (Å²) in [4.78, 5) is 13.4. The van der Waals surface area contributed by atoms with Gasteiger partial charge in [-0.3, -0.25) is 4.79 Å². The number of hydrogen-bond acceptors (Lipinski definition) is 5. The summed E-state index contributed by atoms with van der Waals surface area (Å²) in [5.41, 5.74) is 0. The lowest BCUT2D eigenvalue weighted by atomic mass is 9.99. The number of rotatable bonds is 2. The van der Waals surface area contributed by atoms with E-state index in [4.69, 9.17) is 5.11 Å². The number of aromatic amines is 1. The van der Waals surface area contributed by atoms with Crippen LogP contribution in [0, 0.1) is 5.92 Å². The van der Waals surface area contributed by atoms with Crippen LogP contribution in [-0.2, 0) is 0 Å². The van der Waals surface area contributed by atoms with Gasteiger partial charge in [-0.15, -0.1) is 10.2 Å². The van der Waals surface area contributed by atoms with Crippen molar-refractivity contribution in [3.8, 4) is 0 Å². The summed E-state index contributed by atoms with van der Waals surface area (Å²) in [6, 6.07) is 0. The van der Waals surface area contributed by atoms with Crippen molar-refractivity contribution in [2.75, 3.05) is 19.7 Å². The Hall–Kier alpha value is -1.50. The molecule has 15 heavy (non-hydrogen) atoms. The van der Waals surface area contributed by atoms with E-state index in [-0.39, 0.29) is 24.3 Å². The number of nitrogens with one attached hydrogen (secondary N) is 1. The molecule has 1 aliphatic heterocycles. The molecule has 0 saturated carbocycles. The van der Waals surface area contributed by atoms with Crippen LogP contribution in [0.1, 0.15) is 23.5 Å². The maximum absolute atomic E-state index is 11.8. The number of carbonyl (C=O) groups is 1. The van der Waals surface area contributed by atoms with E-state index in [1.165, 1.54) is 0 Å². The first-order valence-corrected chi connectivity index (χ1v) is 4.95. The number of carbonyl (C=O) groups excluding carboxylic acids is 1. The lowest BCUT2D eigenvalue weighted by Crippen LogP contribution is -2.41. The molecule has 2 rings (SSSR count). The molecule has 0 aromatic carbocycles. The molecule has 1 aromatic heterocycles. The second kappa shape index (κ2) is 4.35. The smallest absolute Gasteiger partial charge is 0.295 e. The summed E-state index contributed by atoms with van der Waals surface area (Å²) in [6.07, 6.45) is 1.88. The van der Waals surface area contributed by atoms with Gasteiger partial charge in [0.1, 0.15) is 0 Å². The van der Waals surface area contributed by atoms with E-state index in [0.29, 0.717) is 13.1 Å². The number of aliphatic hydroxyl groups excluding tert-OH is 1. The van der Waals surface area contributed by atoms with Crippen molar-refractivity contribution in [2.24, 2.45) is 5.92 Å². The molecule has 1 fully saturated rings. The molecule has 0 radical (unpaired) electrons. The van der Waals surface area contributed by atoms with Crippen LogP contribution < -0.4 is 0 Å². The molecule has 7 nitrogen and oxygen atoms in total. The van der Waals surface area contributed by atoms with Crippen LogP contribution in [0.4, 0.5) is 0 Å². The Morgan fingerprint density at radius 1 is 1.67 bits per heavy atom. The standard InChI is InChI=1S/C8H13N5O2/c14-5-6-2-1-3-13(4-6)8(15)7-9-11-12-10-7/h6,14H,1-5H2,(H,9,10,11,12). The average Bonchev–Trinajstić information content (AvgIpc) is 2.81. The van der Waals surface area contributed by atoms with Gasteiger partial charge in [-0.2, -0.15) is 5.21 Å². The van der Waals surface area contributed by atoms with Crippen molar-refractivity contribution >= 4 is 5.91 Å². The molecule has 1 saturated heterocycles. The zero-order valence-corrected chi connectivity index (χ0v) is 8.26. The number of aliphatic hydroxyl groups is 1. The molecule has 1 aromatic rings. The van der Waals surface area contributed by atoms with E-state index in [2.05, 4.69) is 20.6 Å². The third-order valence-electron chi connectivity index (χ3n) is 2.60. The Bertz CT molecular complexity index is 326. The first kappa shape index (κ1) is 10.0. The highest BCUT2D eigenvalue weighted by Crippen LogP contribution is 2.16. The third-order valence-corrected chi connectivity index (χ3v) is 2.60. The van der Waals surface area contributed by atoms with Crippen molar-refractivity contribution in [2.45, 2.75) is 12.8 Å². The highest BCUT2D eigenvalue weighted by Gasteiger charge is 2.26. The zero-order valence-electron chi connectivity index (χ0n) is 8.26. The number of amides is 1. The van der Waals surface area contributed by atoms with Crippen LogP contribution in [0.5, 0.6) is 0 Å². The van der Waals surface area contributed by atoms with E-state index >= 15 is 0 Å². The van der Waals surface area contributed by atoms with Crippen molar-refractivity contribution in [3.05, 3.63) is 5.82 Å². The largest absolute Gasteiger partial charge is 0.396 e. The molecular formula is C8H13N5O2. The summed E-state index contributed by atoms with van der Waals surface area (Å²) in [7, 11) is 0. The van der Waals surface area contributed by atoms with Gasteiger partial charge in [0, 0.05) is 19.7 Å². The molecule has 82 valence electrons. The van der Waals surface area contributed by atoms with Crippen molar-refractivity contribution in [3.63, 3.8) is 0 Å². The molecule has 2 N–H and O–H groups in total. The van der Waals surface area contributed by atoms with Crippen LogP contribution in [0.3, 0.4) is 0 Å². The molecule has 1 atom stereocenters. The summed E-state index contributed by atoms with van der Waals surface area (Å²) in [5.74, 6) is 0.0464. The summed E-state index contributed by atoms with van der Waals surface area (Å²) < 4.78 is 0. The fraction of sp³-hybridized carbons (Fsp3) is 0.750. The van der Waals surface area contributed by atoms with Gasteiger partial charge >= 0.3 is 0 Å². The Kier molecular flexibility index (Phi) is 2.91. The molecule has 2 heterocycles. The van der Waals surface area contributed by atoms with Gasteiger partial charge in [0.15, 0.2) is 0 Å². The predicted molar refractivity (Wildman–Crippen MR) is 49.9 cm³/mol. The summed E-state index contributed by atoms with van der Waals surface area (Å²) in [6.45, 7) is 1.39. The van der Waals surface area contributed by atoms with Gasteiger partial charge in [0.2, 0.25) is 0 Å². The van der Waals surface area contributed by atoms with Gasteiger partial charge in [0.25, 0.3) is 11.7 Å². The third kappa shape index (κ3) is 2.12. The average molecular weight is 211 g/mol. The van der Waals surface area contributed by atoms with Crippen LogP contribution in [0.25, 0.3) is 0 Å². The van der Waals surface area contributed by atoms with Crippen molar-refractivity contribution < 1.29 is 9.90 Å². The number of H-pyrrole nitrogens is 1. The van der Waals surface area contributed by atoms with E-state index in [9.17, 15) is 4.79 Å². The zero-order chi connectivity index (χ0) is 10.7. The predicted octanol–water partition coefficient (Wildman–Crippen LogP) is -0.956. The molecule has 0 bridgehead atoms. The Balaban J connectivity index is 2.01. The normalized spacial score (nSPS) is 21.7. The minimum atomic E-state index is -0.220. The number of tetrazole rings is 1. The van der Waals surface area contributed by atoms with Crippen LogP contribution in [0.2, 0.25) is 0 Å². The number of likely N-dealkylation sites (tertiary alicyclic amines) is 1. The number of piperidine rings is 1. The summed E-state index contributed by atoms with van der Waals surface area (Å²) in [5, 5.41) is 21.9. The first-order valence-electron chi connectivity index (χ1n) is 4.95. The Morgan fingerprint density at radius 3 is 3.20 bits per heavy atom. The fourth-order valence-electron chi connectivity index (χ4n) is 1.79. The second-order valence-corrected chi connectivity index (χ2v) is 3.68. The maximum Gasteiger partial charge on any atom is 0.295 e. The van der Waals surface area contributed by atoms with E-state index in [1.807, 2.05) is 0 Å². The number of aromatic nitrogens is 4. The highest BCUT2D eigenvalue weighted by atomic mass is 16.3. The molecular weight excluding hydrogens is 198 g/mol. The lowest BCUT2D eigenvalue weighted by molar-refractivity contribution is 0.0609. The first-order chi connectivity index (χ1) is 7.31. The van der Waals surface area contributed by atoms with Crippen LogP contribution in [0.15, 0.2) is 0 Å². The molecule has 0 aliphatic carbocycles. The fourth-order valence-corrected chi connectivity index (χ4v) is 1.79. The number of hydrogen-bond donors (Lipinski definition) is 2. The van der Waals surface area contributed by atoms with Crippen LogP contribution in [-0.4, -0.2) is 56.2 Å². The van der Waals surface area contributed by atoms with Gasteiger partial charge < -0.3 is 10.0 Å². The minimum absolute atomic E-state index is 0.0913. The van der Waals surface area contributed by atoms with Crippen molar-refractivity contribution in [1.29, 1.82) is 0 Å². The maximum atomic E-state index is 11.8. The number of nitrogens with zero attached hydrogens (tertiary/aromatic N) is 4. The minimum Gasteiger partial charge on any atom is -0.396 e. The van der Waals surface area contributed by atoms with Gasteiger partial charge in [-0.1, -0.05) is 0 Å². The Morgan fingerprint density at radius 2 is 2.53 bits per heavy atom. The molecule has 7 heteroatoms. The van der Waals surface area contributed by atoms with Gasteiger partial charge in [-0.05, 0) is 24.0 Å². The summed E-state index contributed by atoms with van der Waals surface area (Å²) >= 11 is 0. The Labute approximate surface area is 86.5 Å². The second-order valence-electron chi connectivity index (χ2n) is 3.68. The molecule has 1 aliphatic rings. The van der Waals surface area contributed by atoms with E-state index < -0.39 is 0 Å². The van der Waals surface area contributed by atoms with Crippen molar-refractivity contribution in [1.82, 2.24) is 25.5 Å².